The molecule has 3 aromatic rings. The molecule has 32 heavy (non-hydrogen) atoms. The van der Waals surface area contributed by atoms with E-state index in [1.807, 2.05) is 48.5 Å². The third-order valence-electron chi connectivity index (χ3n) is 5.74. The van der Waals surface area contributed by atoms with E-state index in [0.717, 1.165) is 49.8 Å². The van der Waals surface area contributed by atoms with E-state index in [0.29, 0.717) is 23.7 Å². The van der Waals surface area contributed by atoms with Gasteiger partial charge in [-0.2, -0.15) is 0 Å². The molecule has 0 radical (unpaired) electrons. The zero-order valence-corrected chi connectivity index (χ0v) is 18.2. The molecule has 0 amide bonds. The quantitative estimate of drug-likeness (QED) is 0.567. The van der Waals surface area contributed by atoms with Gasteiger partial charge in [-0.25, -0.2) is 8.78 Å². The molecule has 0 aliphatic carbocycles. The summed E-state index contributed by atoms with van der Waals surface area (Å²) in [5, 5.41) is 3.38. The van der Waals surface area contributed by atoms with Crippen molar-refractivity contribution in [1.82, 2.24) is 10.2 Å². The van der Waals surface area contributed by atoms with E-state index >= 15 is 0 Å². The minimum Gasteiger partial charge on any atom is -0.493 e. The second-order valence-electron chi connectivity index (χ2n) is 7.89. The molecule has 1 aliphatic rings. The van der Waals surface area contributed by atoms with Crippen LogP contribution in [-0.4, -0.2) is 38.2 Å². The van der Waals surface area contributed by atoms with Gasteiger partial charge in [0.1, 0.15) is 18.2 Å². The largest absolute Gasteiger partial charge is 0.493 e. The van der Waals surface area contributed by atoms with Crippen LogP contribution in [0.15, 0.2) is 66.7 Å². The van der Waals surface area contributed by atoms with E-state index in [2.05, 4.69) is 10.2 Å². The van der Waals surface area contributed by atoms with E-state index in [1.54, 1.807) is 13.2 Å². The van der Waals surface area contributed by atoms with Crippen molar-refractivity contribution < 1.29 is 18.3 Å². The molecule has 0 spiro atoms. The number of halogens is 2. The highest BCUT2D eigenvalue weighted by Crippen LogP contribution is 2.37. The van der Waals surface area contributed by atoms with Gasteiger partial charge in [0.25, 0.3) is 0 Å². The Morgan fingerprint density at radius 1 is 0.938 bits per heavy atom. The first-order valence-corrected chi connectivity index (χ1v) is 10.9. The molecule has 1 fully saturated rings. The van der Waals surface area contributed by atoms with Gasteiger partial charge in [-0.05, 0) is 42.3 Å². The smallest absolute Gasteiger partial charge is 0.161 e. The Kier molecular flexibility index (Phi) is 7.35. The van der Waals surface area contributed by atoms with Crippen molar-refractivity contribution in [2.24, 2.45) is 0 Å². The molecule has 4 nitrogen and oxygen atoms in total. The summed E-state index contributed by atoms with van der Waals surface area (Å²) < 4.78 is 40.1. The van der Waals surface area contributed by atoms with Crippen LogP contribution in [0.4, 0.5) is 8.78 Å². The van der Waals surface area contributed by atoms with Crippen LogP contribution in [0.1, 0.15) is 29.2 Å². The molecule has 168 valence electrons. The summed E-state index contributed by atoms with van der Waals surface area (Å²) in [4.78, 5) is 2.23. The summed E-state index contributed by atoms with van der Waals surface area (Å²) in [6.45, 7) is 3.73. The van der Waals surface area contributed by atoms with Gasteiger partial charge in [0.05, 0.1) is 13.2 Å². The standard InChI is InChI=1S/C26H28F2N2O2/c1-31-25-16-20(8-11-24(25)32-18-19-6-3-2-4-7-19)26(30-14-5-12-29-13-15-30)22-10-9-21(27)17-23(22)28/h2-4,6-11,16-17,26,29H,5,12-15,18H2,1H3. The summed E-state index contributed by atoms with van der Waals surface area (Å²) >= 11 is 0. The van der Waals surface area contributed by atoms with Crippen LogP contribution >= 0.6 is 0 Å². The second kappa shape index (κ2) is 10.6. The minimum absolute atomic E-state index is 0.354. The molecule has 1 heterocycles. The fourth-order valence-corrected chi connectivity index (χ4v) is 4.14. The first-order valence-electron chi connectivity index (χ1n) is 10.9. The number of ether oxygens (including phenoxy) is 2. The van der Waals surface area contributed by atoms with Crippen molar-refractivity contribution in [2.75, 3.05) is 33.3 Å². The third kappa shape index (κ3) is 5.26. The van der Waals surface area contributed by atoms with Crippen molar-refractivity contribution in [2.45, 2.75) is 19.1 Å². The van der Waals surface area contributed by atoms with Gasteiger partial charge in [-0.1, -0.05) is 42.5 Å². The predicted molar refractivity (Wildman–Crippen MR) is 121 cm³/mol. The Balaban J connectivity index is 1.66. The van der Waals surface area contributed by atoms with Gasteiger partial charge in [0.15, 0.2) is 11.5 Å². The maximum atomic E-state index is 14.9. The van der Waals surface area contributed by atoms with E-state index in [4.69, 9.17) is 9.47 Å². The molecule has 3 aromatic carbocycles. The molecule has 6 heteroatoms. The van der Waals surface area contributed by atoms with Gasteiger partial charge < -0.3 is 14.8 Å². The lowest BCUT2D eigenvalue weighted by Crippen LogP contribution is -2.33. The van der Waals surface area contributed by atoms with Crippen LogP contribution in [0, 0.1) is 11.6 Å². The highest BCUT2D eigenvalue weighted by atomic mass is 19.1. The van der Waals surface area contributed by atoms with Gasteiger partial charge in [0.2, 0.25) is 0 Å². The fraction of sp³-hybridized carbons (Fsp3) is 0.308. The van der Waals surface area contributed by atoms with E-state index in [1.165, 1.54) is 6.07 Å². The van der Waals surface area contributed by atoms with Crippen molar-refractivity contribution in [3.63, 3.8) is 0 Å². The molecule has 1 aliphatic heterocycles. The fourth-order valence-electron chi connectivity index (χ4n) is 4.14. The van der Waals surface area contributed by atoms with Crippen LogP contribution in [0.3, 0.4) is 0 Å². The molecule has 0 bridgehead atoms. The number of hydrogen-bond donors (Lipinski definition) is 1. The van der Waals surface area contributed by atoms with Crippen LogP contribution in [0.25, 0.3) is 0 Å². The normalized spacial score (nSPS) is 15.7. The van der Waals surface area contributed by atoms with Crippen molar-refractivity contribution in [3.05, 3.63) is 95.1 Å². The Morgan fingerprint density at radius 2 is 1.78 bits per heavy atom. The molecule has 1 atom stereocenters. The maximum Gasteiger partial charge on any atom is 0.161 e. The first-order chi connectivity index (χ1) is 15.7. The van der Waals surface area contributed by atoms with Gasteiger partial charge >= 0.3 is 0 Å². The van der Waals surface area contributed by atoms with Crippen molar-refractivity contribution in [3.8, 4) is 11.5 Å². The molecule has 0 aromatic heterocycles. The summed E-state index contributed by atoms with van der Waals surface area (Å²) in [6, 6.07) is 19.1. The maximum absolute atomic E-state index is 14.9. The number of rotatable bonds is 7. The average molecular weight is 439 g/mol. The Hall–Kier alpha value is -2.96. The summed E-state index contributed by atoms with van der Waals surface area (Å²) in [5.74, 6) is 0.0789. The Labute approximate surface area is 187 Å². The average Bonchev–Trinajstić information content (AvgIpc) is 3.10. The first kappa shape index (κ1) is 22.2. The van der Waals surface area contributed by atoms with Gasteiger partial charge in [0, 0.05) is 31.3 Å². The number of nitrogens with zero attached hydrogens (tertiary/aromatic N) is 1. The van der Waals surface area contributed by atoms with Crippen LogP contribution in [-0.2, 0) is 6.61 Å². The monoisotopic (exact) mass is 438 g/mol. The van der Waals surface area contributed by atoms with Crippen molar-refractivity contribution >= 4 is 0 Å². The van der Waals surface area contributed by atoms with Crippen LogP contribution < -0.4 is 14.8 Å². The number of nitrogens with one attached hydrogen (secondary N) is 1. The van der Waals surface area contributed by atoms with Gasteiger partial charge in [-0.3, -0.25) is 4.90 Å². The topological polar surface area (TPSA) is 33.7 Å². The predicted octanol–water partition coefficient (Wildman–Crippen LogP) is 4.94. The molecular weight excluding hydrogens is 410 g/mol. The van der Waals surface area contributed by atoms with E-state index < -0.39 is 11.6 Å². The van der Waals surface area contributed by atoms with Crippen molar-refractivity contribution in [1.29, 1.82) is 0 Å². The van der Waals surface area contributed by atoms with Crippen LogP contribution in [0.2, 0.25) is 0 Å². The summed E-state index contributed by atoms with van der Waals surface area (Å²) in [6.07, 6.45) is 0.953. The number of benzene rings is 3. The lowest BCUT2D eigenvalue weighted by atomic mass is 9.95. The molecule has 1 unspecified atom stereocenters. The zero-order valence-electron chi connectivity index (χ0n) is 18.2. The van der Waals surface area contributed by atoms with Gasteiger partial charge in [-0.15, -0.1) is 0 Å². The highest BCUT2D eigenvalue weighted by molar-refractivity contribution is 5.46. The lowest BCUT2D eigenvalue weighted by molar-refractivity contribution is 0.235. The van der Waals surface area contributed by atoms with E-state index in [-0.39, 0.29) is 6.04 Å². The molecule has 1 saturated heterocycles. The third-order valence-corrected chi connectivity index (χ3v) is 5.74. The molecule has 1 N–H and O–H groups in total. The molecule has 4 rings (SSSR count). The number of methoxy groups -OCH3 is 1. The van der Waals surface area contributed by atoms with E-state index in [9.17, 15) is 8.78 Å². The molecular formula is C26H28F2N2O2. The zero-order chi connectivity index (χ0) is 22.3. The van der Waals surface area contributed by atoms with Crippen LogP contribution in [0.5, 0.6) is 11.5 Å². The summed E-state index contributed by atoms with van der Waals surface area (Å²) in [7, 11) is 1.60. The lowest BCUT2D eigenvalue weighted by Gasteiger charge is -2.32. The number of hydrogen-bond acceptors (Lipinski definition) is 4. The summed E-state index contributed by atoms with van der Waals surface area (Å²) in [5.41, 5.74) is 2.39. The SMILES string of the molecule is COc1cc(C(c2ccc(F)cc2F)N2CCCNCC2)ccc1OCc1ccccc1. The Morgan fingerprint density at radius 3 is 2.56 bits per heavy atom. The minimum atomic E-state index is -0.579. The highest BCUT2D eigenvalue weighted by Gasteiger charge is 2.27. The Bertz CT molecular complexity index is 1020. The second-order valence-corrected chi connectivity index (χ2v) is 7.89. The molecule has 0 saturated carbocycles.